The Kier molecular flexibility index (Phi) is 9.19. The molecule has 2 rings (SSSR count). The minimum Gasteiger partial charge on any atom is -0.431 e. The second kappa shape index (κ2) is 11.7. The minimum atomic E-state index is 0.402. The number of anilines is 1. The molecule has 0 spiro atoms. The van der Waals surface area contributed by atoms with Crippen LogP contribution in [0.2, 0.25) is 0 Å². The molecule has 3 heteroatoms. The maximum absolute atomic E-state index is 6.05. The highest BCUT2D eigenvalue weighted by Gasteiger charge is 2.11. The van der Waals surface area contributed by atoms with Crippen LogP contribution in [-0.2, 0) is 12.8 Å². The van der Waals surface area contributed by atoms with E-state index in [9.17, 15) is 0 Å². The fourth-order valence-corrected chi connectivity index (χ4v) is 3.31. The summed E-state index contributed by atoms with van der Waals surface area (Å²) in [6, 6.07) is 16.3. The van der Waals surface area contributed by atoms with Gasteiger partial charge in [-0.05, 0) is 67.2 Å². The third-order valence-electron chi connectivity index (χ3n) is 4.53. The Morgan fingerprint density at radius 2 is 1.54 bits per heavy atom. The molecule has 0 amide bonds. The Labute approximate surface area is 164 Å². The van der Waals surface area contributed by atoms with Crippen molar-refractivity contribution in [2.45, 2.75) is 65.2 Å². The predicted molar refractivity (Wildman–Crippen MR) is 116 cm³/mol. The molecule has 0 heterocycles. The molecule has 0 aliphatic heterocycles. The molecule has 0 radical (unpaired) electrons. The zero-order valence-corrected chi connectivity index (χ0v) is 16.9. The summed E-state index contributed by atoms with van der Waals surface area (Å²) in [4.78, 5) is 0. The SMILES string of the molecule is CCCCCc1cccc(OC(=S)Nc2ccccc2)c1CCCCC. The highest BCUT2D eigenvalue weighted by Crippen LogP contribution is 2.27. The largest absolute Gasteiger partial charge is 0.431 e. The van der Waals surface area contributed by atoms with Crippen molar-refractivity contribution in [1.29, 1.82) is 0 Å². The lowest BCUT2D eigenvalue weighted by Crippen LogP contribution is -2.17. The van der Waals surface area contributed by atoms with Gasteiger partial charge in [0, 0.05) is 5.69 Å². The van der Waals surface area contributed by atoms with E-state index in [4.69, 9.17) is 17.0 Å². The van der Waals surface area contributed by atoms with Gasteiger partial charge in [0.15, 0.2) is 0 Å². The van der Waals surface area contributed by atoms with Crippen LogP contribution < -0.4 is 10.1 Å². The van der Waals surface area contributed by atoms with E-state index in [1.165, 1.54) is 49.7 Å². The van der Waals surface area contributed by atoms with Gasteiger partial charge in [0.2, 0.25) is 0 Å². The van der Waals surface area contributed by atoms with Crippen LogP contribution >= 0.6 is 12.2 Å². The van der Waals surface area contributed by atoms with Crippen molar-refractivity contribution in [2.75, 3.05) is 5.32 Å². The summed E-state index contributed by atoms with van der Waals surface area (Å²) in [5.41, 5.74) is 3.69. The molecule has 140 valence electrons. The number of benzene rings is 2. The molecule has 1 N–H and O–H groups in total. The number of rotatable bonds is 10. The van der Waals surface area contributed by atoms with Gasteiger partial charge in [-0.2, -0.15) is 0 Å². The first-order valence-electron chi connectivity index (χ1n) is 9.89. The lowest BCUT2D eigenvalue weighted by Gasteiger charge is -2.16. The average Bonchev–Trinajstić information content (AvgIpc) is 2.64. The molecule has 2 aromatic rings. The van der Waals surface area contributed by atoms with Crippen LogP contribution in [0.5, 0.6) is 5.75 Å². The quantitative estimate of drug-likeness (QED) is 0.362. The Hall–Kier alpha value is -1.87. The van der Waals surface area contributed by atoms with Crippen LogP contribution in [0.4, 0.5) is 5.69 Å². The van der Waals surface area contributed by atoms with Gasteiger partial charge in [-0.25, -0.2) is 0 Å². The number of hydrogen-bond acceptors (Lipinski definition) is 2. The van der Waals surface area contributed by atoms with Gasteiger partial charge in [-0.3, -0.25) is 0 Å². The molecular formula is C23H31NOS. The molecule has 0 saturated carbocycles. The van der Waals surface area contributed by atoms with Gasteiger partial charge in [-0.15, -0.1) is 0 Å². The normalized spacial score (nSPS) is 10.5. The van der Waals surface area contributed by atoms with Crippen LogP contribution in [-0.4, -0.2) is 5.17 Å². The summed E-state index contributed by atoms with van der Waals surface area (Å²) in [5.74, 6) is 0.906. The van der Waals surface area contributed by atoms with Crippen molar-refractivity contribution in [1.82, 2.24) is 0 Å². The van der Waals surface area contributed by atoms with Crippen molar-refractivity contribution in [3.63, 3.8) is 0 Å². The molecule has 0 aliphatic rings. The van der Waals surface area contributed by atoms with Gasteiger partial charge in [0.05, 0.1) is 0 Å². The zero-order valence-electron chi connectivity index (χ0n) is 16.1. The van der Waals surface area contributed by atoms with Gasteiger partial charge in [0.25, 0.3) is 5.17 Å². The van der Waals surface area contributed by atoms with E-state index in [2.05, 4.69) is 31.3 Å². The van der Waals surface area contributed by atoms with Crippen LogP contribution in [0.1, 0.15) is 63.5 Å². The fourth-order valence-electron chi connectivity index (χ4n) is 3.11. The minimum absolute atomic E-state index is 0.402. The fraction of sp³-hybridized carbons (Fsp3) is 0.435. The van der Waals surface area contributed by atoms with Gasteiger partial charge >= 0.3 is 0 Å². The van der Waals surface area contributed by atoms with E-state index >= 15 is 0 Å². The summed E-state index contributed by atoms with van der Waals surface area (Å²) >= 11 is 5.43. The monoisotopic (exact) mass is 369 g/mol. The molecule has 26 heavy (non-hydrogen) atoms. The van der Waals surface area contributed by atoms with E-state index in [0.29, 0.717) is 5.17 Å². The first-order chi connectivity index (χ1) is 12.7. The van der Waals surface area contributed by atoms with E-state index < -0.39 is 0 Å². The molecule has 2 aromatic carbocycles. The Morgan fingerprint density at radius 3 is 2.23 bits per heavy atom. The molecule has 0 bridgehead atoms. The molecular weight excluding hydrogens is 338 g/mol. The van der Waals surface area contributed by atoms with Crippen LogP contribution in [0.15, 0.2) is 48.5 Å². The molecule has 0 saturated heterocycles. The standard InChI is InChI=1S/C23H31NOS/c1-3-5-8-13-19-14-12-18-22(21(19)17-9-6-4-2)25-23(26)24-20-15-10-7-11-16-20/h7,10-12,14-16,18H,3-6,8-9,13,17H2,1-2H3,(H,24,26). The lowest BCUT2D eigenvalue weighted by molar-refractivity contribution is 0.547. The maximum atomic E-state index is 6.05. The molecule has 0 fully saturated rings. The molecule has 0 atom stereocenters. The van der Waals surface area contributed by atoms with E-state index in [0.717, 1.165) is 24.3 Å². The second-order valence-electron chi connectivity index (χ2n) is 6.69. The molecule has 0 aliphatic carbocycles. The molecule has 2 nitrogen and oxygen atoms in total. The third kappa shape index (κ3) is 6.80. The first-order valence-corrected chi connectivity index (χ1v) is 10.3. The van der Waals surface area contributed by atoms with Crippen LogP contribution in [0.25, 0.3) is 0 Å². The first kappa shape index (κ1) is 20.4. The average molecular weight is 370 g/mol. The smallest absolute Gasteiger partial charge is 0.266 e. The van der Waals surface area contributed by atoms with Crippen molar-refractivity contribution in [2.24, 2.45) is 0 Å². The molecule has 0 aromatic heterocycles. The lowest BCUT2D eigenvalue weighted by atomic mass is 9.96. The number of aryl methyl sites for hydroxylation is 1. The summed E-state index contributed by atoms with van der Waals surface area (Å²) in [6.07, 6.45) is 9.58. The number of unbranched alkanes of at least 4 members (excludes halogenated alkanes) is 4. The van der Waals surface area contributed by atoms with Crippen LogP contribution in [0, 0.1) is 0 Å². The summed E-state index contributed by atoms with van der Waals surface area (Å²) in [5, 5.41) is 3.57. The van der Waals surface area contributed by atoms with E-state index in [1.807, 2.05) is 36.4 Å². The van der Waals surface area contributed by atoms with Gasteiger partial charge in [0.1, 0.15) is 5.75 Å². The van der Waals surface area contributed by atoms with Gasteiger partial charge in [-0.1, -0.05) is 69.9 Å². The van der Waals surface area contributed by atoms with Crippen molar-refractivity contribution in [3.05, 3.63) is 59.7 Å². The van der Waals surface area contributed by atoms with E-state index in [-0.39, 0.29) is 0 Å². The molecule has 0 unspecified atom stereocenters. The highest BCUT2D eigenvalue weighted by molar-refractivity contribution is 7.80. The Bertz CT molecular complexity index is 669. The topological polar surface area (TPSA) is 21.3 Å². The zero-order chi connectivity index (χ0) is 18.6. The predicted octanol–water partition coefficient (Wildman–Crippen LogP) is 6.93. The Morgan fingerprint density at radius 1 is 0.846 bits per heavy atom. The summed E-state index contributed by atoms with van der Waals surface area (Å²) in [6.45, 7) is 4.48. The van der Waals surface area contributed by atoms with Gasteiger partial charge < -0.3 is 10.1 Å². The highest BCUT2D eigenvalue weighted by atomic mass is 32.1. The van der Waals surface area contributed by atoms with Crippen LogP contribution in [0.3, 0.4) is 0 Å². The number of thiocarbonyl (C=S) groups is 1. The number of nitrogens with one attached hydrogen (secondary N) is 1. The van der Waals surface area contributed by atoms with Crippen molar-refractivity contribution < 1.29 is 4.74 Å². The number of para-hydroxylation sites is 1. The van der Waals surface area contributed by atoms with Crippen molar-refractivity contribution in [3.8, 4) is 5.75 Å². The number of hydrogen-bond donors (Lipinski definition) is 1. The number of ether oxygens (including phenoxy) is 1. The maximum Gasteiger partial charge on any atom is 0.266 e. The second-order valence-corrected chi connectivity index (χ2v) is 7.06. The summed E-state index contributed by atoms with van der Waals surface area (Å²) in [7, 11) is 0. The third-order valence-corrected chi connectivity index (χ3v) is 4.72. The summed E-state index contributed by atoms with van der Waals surface area (Å²) < 4.78 is 6.05. The van der Waals surface area contributed by atoms with Crippen molar-refractivity contribution >= 4 is 23.1 Å². The van der Waals surface area contributed by atoms with E-state index in [1.54, 1.807) is 0 Å². The Balaban J connectivity index is 2.11.